The van der Waals surface area contributed by atoms with E-state index in [0.717, 1.165) is 29.7 Å². The molecule has 2 fully saturated rings. The number of benzene rings is 1. The maximum Gasteiger partial charge on any atom is 0.325 e. The van der Waals surface area contributed by atoms with Crippen LogP contribution in [0.4, 0.5) is 4.79 Å². The molecule has 1 heterocycles. The number of nitrogens with one attached hydrogen (secondary N) is 1. The van der Waals surface area contributed by atoms with Crippen LogP contribution in [0.5, 0.6) is 0 Å². The van der Waals surface area contributed by atoms with Crippen molar-refractivity contribution in [3.8, 4) is 0 Å². The highest BCUT2D eigenvalue weighted by Crippen LogP contribution is 2.33. The van der Waals surface area contributed by atoms with Gasteiger partial charge in [-0.15, -0.1) is 0 Å². The van der Waals surface area contributed by atoms with Crippen LogP contribution in [0.15, 0.2) is 24.3 Å². The van der Waals surface area contributed by atoms with E-state index in [1.165, 1.54) is 4.90 Å². The lowest BCUT2D eigenvalue weighted by Crippen LogP contribution is -2.49. The molecule has 5 amide bonds. The molecule has 1 N–H and O–H groups in total. The van der Waals surface area contributed by atoms with Gasteiger partial charge in [-0.1, -0.05) is 31.4 Å². The summed E-state index contributed by atoms with van der Waals surface area (Å²) in [5.74, 6) is -0.634. The molecule has 3 rings (SSSR count). The summed E-state index contributed by atoms with van der Waals surface area (Å²) in [7, 11) is 3.39. The molecule has 0 unspecified atom stereocenters. The van der Waals surface area contributed by atoms with Crippen LogP contribution in [-0.2, 0) is 16.1 Å². The van der Waals surface area contributed by atoms with Crippen LogP contribution in [0, 0.1) is 0 Å². The van der Waals surface area contributed by atoms with Gasteiger partial charge in [0.1, 0.15) is 12.1 Å². The van der Waals surface area contributed by atoms with Crippen LogP contribution >= 0.6 is 0 Å². The Morgan fingerprint density at radius 2 is 1.70 bits per heavy atom. The Balaban J connectivity index is 1.64. The molecule has 8 heteroatoms. The summed E-state index contributed by atoms with van der Waals surface area (Å²) in [5, 5.41) is 2.84. The van der Waals surface area contributed by atoms with Crippen LogP contribution in [0.1, 0.15) is 54.9 Å². The Morgan fingerprint density at radius 1 is 1.07 bits per heavy atom. The lowest BCUT2D eigenvalue weighted by atomic mass is 9.82. The van der Waals surface area contributed by atoms with Crippen molar-refractivity contribution in [1.82, 2.24) is 20.0 Å². The number of rotatable bonds is 6. The zero-order valence-electron chi connectivity index (χ0n) is 17.9. The zero-order chi connectivity index (χ0) is 21.9. The Bertz CT molecular complexity index is 828. The van der Waals surface area contributed by atoms with Gasteiger partial charge in [0.2, 0.25) is 5.91 Å². The van der Waals surface area contributed by atoms with Crippen LogP contribution in [0.2, 0.25) is 0 Å². The van der Waals surface area contributed by atoms with Gasteiger partial charge < -0.3 is 15.1 Å². The lowest BCUT2D eigenvalue weighted by Gasteiger charge is -2.30. The first kappa shape index (κ1) is 21.8. The van der Waals surface area contributed by atoms with Gasteiger partial charge in [-0.05, 0) is 37.5 Å². The van der Waals surface area contributed by atoms with Gasteiger partial charge in [0.25, 0.3) is 11.8 Å². The second-order valence-corrected chi connectivity index (χ2v) is 8.27. The molecule has 1 aliphatic carbocycles. The Labute approximate surface area is 177 Å². The van der Waals surface area contributed by atoms with E-state index < -0.39 is 11.6 Å². The number of nitrogens with zero attached hydrogens (tertiary/aromatic N) is 3. The SMILES string of the molecule is CCN(Cc1ccc(C(=O)N(C)C)cc1)C(=O)CN1C(=O)NC2(CCCCC2)C1=O. The third kappa shape index (κ3) is 4.32. The molecule has 1 spiro atoms. The largest absolute Gasteiger partial charge is 0.345 e. The van der Waals surface area contributed by atoms with Crippen molar-refractivity contribution in [2.45, 2.75) is 51.1 Å². The van der Waals surface area contributed by atoms with Gasteiger partial charge >= 0.3 is 6.03 Å². The maximum absolute atomic E-state index is 12.9. The summed E-state index contributed by atoms with van der Waals surface area (Å²) in [5.41, 5.74) is 0.637. The monoisotopic (exact) mass is 414 g/mol. The van der Waals surface area contributed by atoms with Gasteiger partial charge in [-0.25, -0.2) is 4.79 Å². The predicted octanol–water partition coefficient (Wildman–Crippen LogP) is 1.99. The molecule has 0 radical (unpaired) electrons. The van der Waals surface area contributed by atoms with Crippen LogP contribution in [0.3, 0.4) is 0 Å². The number of carbonyl (C=O) groups excluding carboxylic acids is 4. The third-order valence-electron chi connectivity index (χ3n) is 5.96. The van der Waals surface area contributed by atoms with E-state index in [1.807, 2.05) is 19.1 Å². The molecule has 1 aromatic rings. The minimum Gasteiger partial charge on any atom is -0.345 e. The van der Waals surface area contributed by atoms with Crippen LogP contribution in [0.25, 0.3) is 0 Å². The Morgan fingerprint density at radius 3 is 2.27 bits per heavy atom. The van der Waals surface area contributed by atoms with E-state index in [2.05, 4.69) is 5.32 Å². The zero-order valence-corrected chi connectivity index (χ0v) is 17.9. The van der Waals surface area contributed by atoms with Crippen molar-refractivity contribution in [2.75, 3.05) is 27.2 Å². The van der Waals surface area contributed by atoms with E-state index in [1.54, 1.807) is 31.1 Å². The maximum atomic E-state index is 12.9. The Kier molecular flexibility index (Phi) is 6.43. The highest BCUT2D eigenvalue weighted by atomic mass is 16.2. The molecule has 8 nitrogen and oxygen atoms in total. The highest BCUT2D eigenvalue weighted by molar-refractivity contribution is 6.09. The lowest BCUT2D eigenvalue weighted by molar-refractivity contribution is -0.139. The summed E-state index contributed by atoms with van der Waals surface area (Å²) >= 11 is 0. The number of hydrogen-bond acceptors (Lipinski definition) is 4. The normalized spacial score (nSPS) is 17.8. The average Bonchev–Trinajstić information content (AvgIpc) is 2.96. The van der Waals surface area contributed by atoms with Gasteiger partial charge in [0, 0.05) is 32.7 Å². The second kappa shape index (κ2) is 8.85. The molecule has 30 heavy (non-hydrogen) atoms. The van der Waals surface area contributed by atoms with Gasteiger partial charge in [0.15, 0.2) is 0 Å². The summed E-state index contributed by atoms with van der Waals surface area (Å²) in [6.45, 7) is 2.40. The fraction of sp³-hybridized carbons (Fsp3) is 0.545. The minimum atomic E-state index is -0.818. The first-order valence-electron chi connectivity index (χ1n) is 10.5. The van der Waals surface area contributed by atoms with Gasteiger partial charge in [-0.2, -0.15) is 0 Å². The van der Waals surface area contributed by atoms with Gasteiger partial charge in [-0.3, -0.25) is 19.3 Å². The molecule has 162 valence electrons. The van der Waals surface area contributed by atoms with E-state index in [-0.39, 0.29) is 24.3 Å². The number of urea groups is 1. The molecule has 1 aromatic carbocycles. The van der Waals surface area contributed by atoms with E-state index >= 15 is 0 Å². The van der Waals surface area contributed by atoms with Crippen molar-refractivity contribution >= 4 is 23.8 Å². The smallest absolute Gasteiger partial charge is 0.325 e. The van der Waals surface area contributed by atoms with Gasteiger partial charge in [0.05, 0.1) is 0 Å². The minimum absolute atomic E-state index is 0.0832. The summed E-state index contributed by atoms with van der Waals surface area (Å²) < 4.78 is 0. The molecule has 1 saturated carbocycles. The molecule has 0 atom stereocenters. The number of imide groups is 1. The number of likely N-dealkylation sites (N-methyl/N-ethyl adjacent to an activating group) is 1. The van der Waals surface area contributed by atoms with Crippen LogP contribution in [-0.4, -0.2) is 71.2 Å². The van der Waals surface area contributed by atoms with E-state index in [0.29, 0.717) is 31.5 Å². The fourth-order valence-electron chi connectivity index (χ4n) is 4.16. The number of hydrogen-bond donors (Lipinski definition) is 1. The average molecular weight is 415 g/mol. The molecular weight excluding hydrogens is 384 g/mol. The Hall–Kier alpha value is -2.90. The third-order valence-corrected chi connectivity index (χ3v) is 5.96. The molecule has 0 bridgehead atoms. The second-order valence-electron chi connectivity index (χ2n) is 8.27. The fourth-order valence-corrected chi connectivity index (χ4v) is 4.16. The van der Waals surface area contributed by atoms with Crippen molar-refractivity contribution in [1.29, 1.82) is 0 Å². The summed E-state index contributed by atoms with van der Waals surface area (Å²) in [4.78, 5) is 54.3. The standard InChI is InChI=1S/C22H30N4O4/c1-4-25(14-16-8-10-17(11-9-16)19(28)24(2)3)18(27)15-26-20(29)22(23-21(26)30)12-6-5-7-13-22/h8-11H,4-7,12-15H2,1-3H3,(H,23,30). The number of carbonyl (C=O) groups is 4. The predicted molar refractivity (Wildman–Crippen MR) is 112 cm³/mol. The van der Waals surface area contributed by atoms with Crippen molar-refractivity contribution < 1.29 is 19.2 Å². The van der Waals surface area contributed by atoms with E-state index in [9.17, 15) is 19.2 Å². The quantitative estimate of drug-likeness (QED) is 0.721. The molecule has 1 saturated heterocycles. The highest BCUT2D eigenvalue weighted by Gasteiger charge is 2.51. The van der Waals surface area contributed by atoms with Crippen molar-refractivity contribution in [2.24, 2.45) is 0 Å². The van der Waals surface area contributed by atoms with Crippen molar-refractivity contribution in [3.63, 3.8) is 0 Å². The topological polar surface area (TPSA) is 90.0 Å². The van der Waals surface area contributed by atoms with Crippen LogP contribution < -0.4 is 5.32 Å². The molecular formula is C22H30N4O4. The summed E-state index contributed by atoms with van der Waals surface area (Å²) in [6.07, 6.45) is 4.14. The first-order valence-corrected chi connectivity index (χ1v) is 10.5. The van der Waals surface area contributed by atoms with E-state index in [4.69, 9.17) is 0 Å². The first-order chi connectivity index (χ1) is 14.3. The van der Waals surface area contributed by atoms with Crippen molar-refractivity contribution in [3.05, 3.63) is 35.4 Å². The molecule has 2 aliphatic rings. The summed E-state index contributed by atoms with van der Waals surface area (Å²) in [6, 6.07) is 6.63. The molecule has 1 aliphatic heterocycles. The number of amides is 5. The molecule has 0 aromatic heterocycles.